The smallest absolute Gasteiger partial charge is 0.200 e. The largest absolute Gasteiger partial charge is 0.482 e. The van der Waals surface area contributed by atoms with E-state index in [1.165, 1.54) is 12.1 Å². The van der Waals surface area contributed by atoms with Gasteiger partial charge in [0.25, 0.3) is 0 Å². The van der Waals surface area contributed by atoms with Gasteiger partial charge < -0.3 is 4.74 Å². The summed E-state index contributed by atoms with van der Waals surface area (Å²) in [5, 5.41) is 0. The van der Waals surface area contributed by atoms with E-state index in [1.807, 2.05) is 14.0 Å². The van der Waals surface area contributed by atoms with Crippen LogP contribution in [0.5, 0.6) is 5.75 Å². The molecule has 82 valence electrons. The van der Waals surface area contributed by atoms with Gasteiger partial charge in [-0.15, -0.1) is 0 Å². The van der Waals surface area contributed by atoms with Crippen LogP contribution in [-0.2, 0) is 0 Å². The Morgan fingerprint density at radius 1 is 1.33 bits per heavy atom. The highest BCUT2D eigenvalue weighted by molar-refractivity contribution is 5.26. The van der Waals surface area contributed by atoms with Crippen LogP contribution < -0.4 is 4.74 Å². The van der Waals surface area contributed by atoms with Gasteiger partial charge in [-0.1, -0.05) is 6.07 Å². The van der Waals surface area contributed by atoms with Gasteiger partial charge in [0.15, 0.2) is 11.6 Å². The van der Waals surface area contributed by atoms with Crippen molar-refractivity contribution in [2.75, 3.05) is 20.1 Å². The lowest BCUT2D eigenvalue weighted by Crippen LogP contribution is -2.61. The van der Waals surface area contributed by atoms with Gasteiger partial charge in [0.05, 0.1) is 0 Å². The van der Waals surface area contributed by atoms with Crippen molar-refractivity contribution < 1.29 is 13.5 Å². The first kappa shape index (κ1) is 10.4. The Labute approximate surface area is 87.5 Å². The fraction of sp³-hybridized carbons (Fsp3) is 0.455. The third-order valence-electron chi connectivity index (χ3n) is 2.48. The van der Waals surface area contributed by atoms with Crippen molar-refractivity contribution in [3.05, 3.63) is 29.8 Å². The van der Waals surface area contributed by atoms with Crippen LogP contribution in [0.4, 0.5) is 8.78 Å². The maximum Gasteiger partial charge on any atom is 0.200 e. The summed E-state index contributed by atoms with van der Waals surface area (Å²) in [6.45, 7) is 3.34. The first-order valence-corrected chi connectivity index (χ1v) is 4.82. The van der Waals surface area contributed by atoms with E-state index < -0.39 is 17.2 Å². The summed E-state index contributed by atoms with van der Waals surface area (Å²) in [5.41, 5.74) is -0.399. The number of rotatable bonds is 2. The molecule has 0 aliphatic carbocycles. The highest BCUT2D eigenvalue weighted by atomic mass is 19.2. The van der Waals surface area contributed by atoms with Gasteiger partial charge in [0.2, 0.25) is 5.82 Å². The molecule has 0 amide bonds. The minimum Gasteiger partial charge on any atom is -0.482 e. The molecule has 2 rings (SSSR count). The molecule has 1 aromatic carbocycles. The maximum absolute atomic E-state index is 13.3. The van der Waals surface area contributed by atoms with Crippen LogP contribution in [0.1, 0.15) is 6.92 Å². The third-order valence-corrected chi connectivity index (χ3v) is 2.48. The minimum atomic E-state index is -0.909. The lowest BCUT2D eigenvalue weighted by molar-refractivity contribution is -0.0520. The molecule has 0 unspecified atom stereocenters. The molecular weight excluding hydrogens is 200 g/mol. The van der Waals surface area contributed by atoms with Crippen molar-refractivity contribution in [3.8, 4) is 5.75 Å². The standard InChI is InChI=1S/C11H13F2NO/c1-11(6-14(2)7-11)15-9-5-3-4-8(12)10(9)13/h3-5H,6-7H2,1-2H3. The predicted molar refractivity (Wildman–Crippen MR) is 52.9 cm³/mol. The van der Waals surface area contributed by atoms with Gasteiger partial charge in [-0.3, -0.25) is 4.90 Å². The first-order valence-electron chi connectivity index (χ1n) is 4.82. The average Bonchev–Trinajstić information content (AvgIpc) is 2.11. The van der Waals surface area contributed by atoms with Crippen molar-refractivity contribution in [2.24, 2.45) is 0 Å². The van der Waals surface area contributed by atoms with Gasteiger partial charge in [0.1, 0.15) is 5.60 Å². The number of likely N-dealkylation sites (tertiary alicyclic amines) is 1. The van der Waals surface area contributed by atoms with E-state index in [9.17, 15) is 8.78 Å². The summed E-state index contributed by atoms with van der Waals surface area (Å²) in [4.78, 5) is 2.05. The molecule has 0 saturated carbocycles. The zero-order chi connectivity index (χ0) is 11.1. The summed E-state index contributed by atoms with van der Waals surface area (Å²) in [6, 6.07) is 3.97. The SMILES string of the molecule is CN1CC(C)(Oc2cccc(F)c2F)C1. The van der Waals surface area contributed by atoms with Crippen molar-refractivity contribution >= 4 is 0 Å². The second-order valence-electron chi connectivity index (χ2n) is 4.28. The van der Waals surface area contributed by atoms with E-state index in [2.05, 4.69) is 4.90 Å². The van der Waals surface area contributed by atoms with Crippen LogP contribution in [0, 0.1) is 11.6 Å². The van der Waals surface area contributed by atoms with Gasteiger partial charge in [-0.2, -0.15) is 4.39 Å². The average molecular weight is 213 g/mol. The topological polar surface area (TPSA) is 12.5 Å². The molecule has 1 saturated heterocycles. The number of ether oxygens (including phenoxy) is 1. The Hall–Kier alpha value is -1.16. The lowest BCUT2D eigenvalue weighted by atomic mass is 9.97. The van der Waals surface area contributed by atoms with E-state index in [0.717, 1.165) is 19.2 Å². The second kappa shape index (κ2) is 3.45. The molecular formula is C11H13F2NO. The Balaban J connectivity index is 2.15. The second-order valence-corrected chi connectivity index (χ2v) is 4.28. The Morgan fingerprint density at radius 3 is 2.60 bits per heavy atom. The molecule has 2 nitrogen and oxygen atoms in total. The minimum absolute atomic E-state index is 0.00870. The number of hydrogen-bond donors (Lipinski definition) is 0. The number of nitrogens with zero attached hydrogens (tertiary/aromatic N) is 1. The Bertz CT molecular complexity index is 375. The molecule has 1 aromatic rings. The normalized spacial score (nSPS) is 19.7. The zero-order valence-corrected chi connectivity index (χ0v) is 8.76. The summed E-state index contributed by atoms with van der Waals surface area (Å²) < 4.78 is 31.6. The Kier molecular flexibility index (Phi) is 2.38. The van der Waals surface area contributed by atoms with Crippen LogP contribution in [0.3, 0.4) is 0 Å². The van der Waals surface area contributed by atoms with Crippen molar-refractivity contribution in [1.82, 2.24) is 4.90 Å². The maximum atomic E-state index is 13.3. The van der Waals surface area contributed by atoms with Crippen LogP contribution in [0.25, 0.3) is 0 Å². The highest BCUT2D eigenvalue weighted by Crippen LogP contribution is 2.28. The van der Waals surface area contributed by atoms with Gasteiger partial charge in [-0.25, -0.2) is 4.39 Å². The number of hydrogen-bond acceptors (Lipinski definition) is 2. The number of likely N-dealkylation sites (N-methyl/N-ethyl adjacent to an activating group) is 1. The molecule has 4 heteroatoms. The molecule has 0 spiro atoms. The Morgan fingerprint density at radius 2 is 2.00 bits per heavy atom. The summed E-state index contributed by atoms with van der Waals surface area (Å²) in [7, 11) is 1.95. The zero-order valence-electron chi connectivity index (χ0n) is 8.76. The van der Waals surface area contributed by atoms with E-state index in [4.69, 9.17) is 4.74 Å². The molecule has 0 bridgehead atoms. The fourth-order valence-electron chi connectivity index (χ4n) is 1.99. The molecule has 1 aliphatic rings. The summed E-state index contributed by atoms with van der Waals surface area (Å²) >= 11 is 0. The molecule has 1 heterocycles. The van der Waals surface area contributed by atoms with E-state index in [0.29, 0.717) is 0 Å². The molecule has 0 atom stereocenters. The van der Waals surface area contributed by atoms with Gasteiger partial charge >= 0.3 is 0 Å². The third kappa shape index (κ3) is 1.95. The quantitative estimate of drug-likeness (QED) is 0.745. The lowest BCUT2D eigenvalue weighted by Gasteiger charge is -2.45. The van der Waals surface area contributed by atoms with E-state index in [1.54, 1.807) is 0 Å². The molecule has 0 N–H and O–H groups in total. The van der Waals surface area contributed by atoms with Gasteiger partial charge in [-0.05, 0) is 26.1 Å². The first-order chi connectivity index (χ1) is 7.00. The van der Waals surface area contributed by atoms with Gasteiger partial charge in [0, 0.05) is 13.1 Å². The molecule has 15 heavy (non-hydrogen) atoms. The van der Waals surface area contributed by atoms with Crippen LogP contribution in [0.15, 0.2) is 18.2 Å². The van der Waals surface area contributed by atoms with E-state index in [-0.39, 0.29) is 5.75 Å². The number of halogens is 2. The molecule has 1 fully saturated rings. The molecule has 1 aliphatic heterocycles. The van der Waals surface area contributed by atoms with E-state index >= 15 is 0 Å². The van der Waals surface area contributed by atoms with Crippen LogP contribution in [0.2, 0.25) is 0 Å². The summed E-state index contributed by atoms with van der Waals surface area (Å²) in [5.74, 6) is -1.79. The molecule has 0 aromatic heterocycles. The van der Waals surface area contributed by atoms with Crippen LogP contribution in [-0.4, -0.2) is 30.6 Å². The predicted octanol–water partition coefficient (Wildman–Crippen LogP) is 2.05. The molecule has 0 radical (unpaired) electrons. The highest BCUT2D eigenvalue weighted by Gasteiger charge is 2.39. The number of benzene rings is 1. The fourth-order valence-corrected chi connectivity index (χ4v) is 1.99. The van der Waals surface area contributed by atoms with Crippen molar-refractivity contribution in [2.45, 2.75) is 12.5 Å². The summed E-state index contributed by atoms with van der Waals surface area (Å²) in [6.07, 6.45) is 0. The van der Waals surface area contributed by atoms with Crippen LogP contribution >= 0.6 is 0 Å². The van der Waals surface area contributed by atoms with Crippen molar-refractivity contribution in [1.29, 1.82) is 0 Å². The monoisotopic (exact) mass is 213 g/mol. The van der Waals surface area contributed by atoms with Crippen molar-refractivity contribution in [3.63, 3.8) is 0 Å².